The predicted octanol–water partition coefficient (Wildman–Crippen LogP) is 3.26. The van der Waals surface area contributed by atoms with Crippen LogP contribution in [0.1, 0.15) is 45.0 Å². The van der Waals surface area contributed by atoms with Crippen LogP contribution in [0.2, 0.25) is 0 Å². The maximum atomic E-state index is 12.6. The molecule has 0 aliphatic carbocycles. The van der Waals surface area contributed by atoms with Crippen LogP contribution in [-0.4, -0.2) is 47.1 Å². The SMILES string of the molecule is COC(=O)c1sc(NC(=S)NC(=O)c2ccc(N3CCCCC3)c([N+](=O)[O-])c2)nc1C. The number of benzene rings is 1. The Morgan fingerprint density at radius 2 is 2.00 bits per heavy atom. The number of anilines is 2. The number of aryl methyl sites for hydroxylation is 1. The molecule has 1 fully saturated rings. The summed E-state index contributed by atoms with van der Waals surface area (Å²) in [6, 6.07) is 4.39. The smallest absolute Gasteiger partial charge is 0.350 e. The van der Waals surface area contributed by atoms with Crippen LogP contribution in [0.25, 0.3) is 0 Å². The van der Waals surface area contributed by atoms with Gasteiger partial charge in [0.15, 0.2) is 10.2 Å². The van der Waals surface area contributed by atoms with E-state index in [9.17, 15) is 19.7 Å². The van der Waals surface area contributed by atoms with Crippen molar-refractivity contribution in [2.75, 3.05) is 30.4 Å². The molecule has 1 aromatic carbocycles. The van der Waals surface area contributed by atoms with Crippen molar-refractivity contribution in [2.45, 2.75) is 26.2 Å². The van der Waals surface area contributed by atoms with Crippen LogP contribution in [0.4, 0.5) is 16.5 Å². The number of piperidine rings is 1. The number of hydrogen-bond acceptors (Lipinski definition) is 9. The van der Waals surface area contributed by atoms with Crippen LogP contribution in [0.15, 0.2) is 18.2 Å². The first-order valence-corrected chi connectivity index (χ1v) is 10.7. The quantitative estimate of drug-likeness (QED) is 0.297. The lowest BCUT2D eigenvalue weighted by Crippen LogP contribution is -2.34. The van der Waals surface area contributed by atoms with Gasteiger partial charge in [-0.15, -0.1) is 0 Å². The summed E-state index contributed by atoms with van der Waals surface area (Å²) >= 11 is 6.17. The molecule has 0 saturated carbocycles. The summed E-state index contributed by atoms with van der Waals surface area (Å²) in [5.74, 6) is -1.11. The Morgan fingerprint density at radius 3 is 2.65 bits per heavy atom. The minimum Gasteiger partial charge on any atom is -0.465 e. The largest absolute Gasteiger partial charge is 0.465 e. The molecule has 1 aromatic heterocycles. The molecule has 0 atom stereocenters. The van der Waals surface area contributed by atoms with Gasteiger partial charge in [0.1, 0.15) is 10.6 Å². The Hall–Kier alpha value is -3.12. The van der Waals surface area contributed by atoms with Gasteiger partial charge in [-0.1, -0.05) is 11.3 Å². The number of nitrogens with one attached hydrogen (secondary N) is 2. The van der Waals surface area contributed by atoms with Crippen LogP contribution in [-0.2, 0) is 4.74 Å². The van der Waals surface area contributed by atoms with E-state index in [0.717, 1.165) is 43.7 Å². The van der Waals surface area contributed by atoms with Gasteiger partial charge in [-0.2, -0.15) is 0 Å². The van der Waals surface area contributed by atoms with E-state index in [1.165, 1.54) is 19.2 Å². The first kappa shape index (κ1) is 22.6. The lowest BCUT2D eigenvalue weighted by atomic mass is 10.1. The molecule has 1 aliphatic rings. The fourth-order valence-electron chi connectivity index (χ4n) is 3.25. The van der Waals surface area contributed by atoms with E-state index in [1.54, 1.807) is 13.0 Å². The molecule has 3 rings (SSSR count). The number of esters is 1. The summed E-state index contributed by atoms with van der Waals surface area (Å²) in [6.45, 7) is 3.15. The normalized spacial score (nSPS) is 13.4. The molecule has 0 unspecified atom stereocenters. The first-order chi connectivity index (χ1) is 14.8. The Labute approximate surface area is 187 Å². The molecule has 0 spiro atoms. The van der Waals surface area contributed by atoms with Gasteiger partial charge < -0.3 is 15.0 Å². The van der Waals surface area contributed by atoms with Gasteiger partial charge in [0, 0.05) is 24.7 Å². The van der Waals surface area contributed by atoms with Gasteiger partial charge in [-0.3, -0.25) is 20.2 Å². The molecule has 12 heteroatoms. The average Bonchev–Trinajstić information content (AvgIpc) is 3.12. The Morgan fingerprint density at radius 1 is 1.29 bits per heavy atom. The van der Waals surface area contributed by atoms with Gasteiger partial charge in [0.05, 0.1) is 17.7 Å². The van der Waals surface area contributed by atoms with Crippen molar-refractivity contribution in [1.82, 2.24) is 10.3 Å². The van der Waals surface area contributed by atoms with E-state index in [4.69, 9.17) is 12.2 Å². The topological polar surface area (TPSA) is 127 Å². The molecule has 1 aliphatic heterocycles. The zero-order chi connectivity index (χ0) is 22.5. The number of nitrogens with zero attached hydrogens (tertiary/aromatic N) is 3. The molecule has 10 nitrogen and oxygen atoms in total. The third kappa shape index (κ3) is 5.33. The van der Waals surface area contributed by atoms with Gasteiger partial charge in [-0.25, -0.2) is 9.78 Å². The van der Waals surface area contributed by atoms with Crippen molar-refractivity contribution in [3.05, 3.63) is 44.4 Å². The molecule has 0 bridgehead atoms. The van der Waals surface area contributed by atoms with Crippen molar-refractivity contribution < 1.29 is 19.2 Å². The minimum absolute atomic E-state index is 0.0436. The number of thiocarbonyl (C=S) groups is 1. The highest BCUT2D eigenvalue weighted by Crippen LogP contribution is 2.31. The number of hydrogen-bond donors (Lipinski definition) is 2. The predicted molar refractivity (Wildman–Crippen MR) is 121 cm³/mol. The van der Waals surface area contributed by atoms with Crippen LogP contribution in [0.5, 0.6) is 0 Å². The van der Waals surface area contributed by atoms with Crippen molar-refractivity contribution in [3.8, 4) is 0 Å². The number of rotatable bonds is 5. The van der Waals surface area contributed by atoms with Crippen molar-refractivity contribution in [3.63, 3.8) is 0 Å². The first-order valence-electron chi connectivity index (χ1n) is 9.51. The number of carbonyl (C=O) groups excluding carboxylic acids is 2. The maximum Gasteiger partial charge on any atom is 0.350 e. The van der Waals surface area contributed by atoms with E-state index in [-0.39, 0.29) is 16.4 Å². The number of thiazole rings is 1. The third-order valence-electron chi connectivity index (χ3n) is 4.75. The molecule has 2 heterocycles. The zero-order valence-corrected chi connectivity index (χ0v) is 18.6. The molecule has 2 N–H and O–H groups in total. The van der Waals surface area contributed by atoms with Gasteiger partial charge >= 0.3 is 5.97 Å². The van der Waals surface area contributed by atoms with Gasteiger partial charge in [0.25, 0.3) is 11.6 Å². The highest BCUT2D eigenvalue weighted by atomic mass is 32.1. The molecule has 1 amide bonds. The highest BCUT2D eigenvalue weighted by molar-refractivity contribution is 7.80. The number of amides is 1. The lowest BCUT2D eigenvalue weighted by Gasteiger charge is -2.28. The van der Waals surface area contributed by atoms with E-state index in [0.29, 0.717) is 21.4 Å². The molecule has 0 radical (unpaired) electrons. The van der Waals surface area contributed by atoms with E-state index >= 15 is 0 Å². The second-order valence-corrected chi connectivity index (χ2v) is 8.25. The van der Waals surface area contributed by atoms with Crippen molar-refractivity contribution in [1.29, 1.82) is 0 Å². The average molecular weight is 464 g/mol. The number of nitro groups is 1. The zero-order valence-electron chi connectivity index (χ0n) is 17.0. The number of nitro benzene ring substituents is 1. The standard InChI is InChI=1S/C19H21N5O5S2/c1-11-15(17(26)29-2)31-19(20-11)22-18(30)21-16(25)12-6-7-13(14(10-12)24(27)28)23-8-4-3-5-9-23/h6-7,10H,3-5,8-9H2,1-2H3,(H2,20,21,22,25,30). The Kier molecular flexibility index (Phi) is 7.13. The van der Waals surface area contributed by atoms with Gasteiger partial charge in [0.2, 0.25) is 0 Å². The molecule has 31 heavy (non-hydrogen) atoms. The monoisotopic (exact) mass is 463 g/mol. The number of methoxy groups -OCH3 is 1. The Balaban J connectivity index is 1.71. The van der Waals surface area contributed by atoms with Crippen LogP contribution < -0.4 is 15.5 Å². The number of aromatic nitrogens is 1. The number of ether oxygens (including phenoxy) is 1. The van der Waals surface area contributed by atoms with Gasteiger partial charge in [-0.05, 0) is 50.5 Å². The summed E-state index contributed by atoms with van der Waals surface area (Å²) in [4.78, 5) is 41.8. The van der Waals surface area contributed by atoms with Crippen molar-refractivity contribution in [2.24, 2.45) is 0 Å². The fraction of sp³-hybridized carbons (Fsp3) is 0.368. The minimum atomic E-state index is -0.590. The third-order valence-corrected chi connectivity index (χ3v) is 6.00. The summed E-state index contributed by atoms with van der Waals surface area (Å²) < 4.78 is 4.68. The Bertz CT molecular complexity index is 1030. The molecular weight excluding hydrogens is 442 g/mol. The summed E-state index contributed by atoms with van der Waals surface area (Å²) in [6.07, 6.45) is 3.06. The van der Waals surface area contributed by atoms with Crippen molar-refractivity contribution >= 4 is 57.0 Å². The van der Waals surface area contributed by atoms with Crippen LogP contribution in [0.3, 0.4) is 0 Å². The number of carbonyl (C=O) groups is 2. The summed E-state index contributed by atoms with van der Waals surface area (Å²) in [5.41, 5.74) is 0.974. The van der Waals surface area contributed by atoms with E-state index < -0.39 is 16.8 Å². The van der Waals surface area contributed by atoms with E-state index in [1.807, 2.05) is 4.90 Å². The molecule has 2 aromatic rings. The fourth-order valence-corrected chi connectivity index (χ4v) is 4.39. The second-order valence-electron chi connectivity index (χ2n) is 6.84. The summed E-state index contributed by atoms with van der Waals surface area (Å²) in [7, 11) is 1.27. The summed E-state index contributed by atoms with van der Waals surface area (Å²) in [5, 5.41) is 17.1. The van der Waals surface area contributed by atoms with Crippen LogP contribution >= 0.6 is 23.6 Å². The van der Waals surface area contributed by atoms with Crippen LogP contribution in [0, 0.1) is 17.0 Å². The molecule has 1 saturated heterocycles. The lowest BCUT2D eigenvalue weighted by molar-refractivity contribution is -0.384. The maximum absolute atomic E-state index is 12.6. The second kappa shape index (κ2) is 9.79. The van der Waals surface area contributed by atoms with E-state index in [2.05, 4.69) is 20.4 Å². The molecule has 164 valence electrons. The highest BCUT2D eigenvalue weighted by Gasteiger charge is 2.23. The molecular formula is C19H21N5O5S2.